The highest BCUT2D eigenvalue weighted by Gasteiger charge is 2.42. The Morgan fingerprint density at radius 2 is 0.842 bits per heavy atom. The lowest BCUT2D eigenvalue weighted by molar-refractivity contribution is 0.667. The molecule has 0 aliphatic carbocycles. The maximum atomic E-state index is 6.58. The zero-order valence-corrected chi connectivity index (χ0v) is 30.8. The van der Waals surface area contributed by atoms with Gasteiger partial charge in [-0.3, -0.25) is 4.57 Å². The molecule has 11 rings (SSSR count). The highest BCUT2D eigenvalue weighted by molar-refractivity contribution is 6.13. The molecule has 11 aromatic rings. The third kappa shape index (κ3) is 5.13. The Bertz CT molecular complexity index is 3130. The number of aromatic nitrogens is 4. The summed E-state index contributed by atoms with van der Waals surface area (Å²) >= 11 is 0. The summed E-state index contributed by atoms with van der Waals surface area (Å²) in [6.07, 6.45) is 0. The van der Waals surface area contributed by atoms with Crippen molar-refractivity contribution >= 4 is 43.7 Å². The molecule has 0 fully saturated rings. The fraction of sp³-hybridized carbons (Fsp3) is 0.0192. The second-order valence-corrected chi connectivity index (χ2v) is 14.3. The van der Waals surface area contributed by atoms with Crippen LogP contribution in [0.1, 0.15) is 22.3 Å². The molecule has 0 saturated carbocycles. The second kappa shape index (κ2) is 13.3. The molecular weight excluding hydrogens is 697 g/mol. The summed E-state index contributed by atoms with van der Waals surface area (Å²) in [5.41, 5.74) is 9.37. The molecule has 3 heterocycles. The number of hydrogen-bond acceptors (Lipinski definition) is 4. The molecule has 0 bridgehead atoms. The molecule has 8 aromatic carbocycles. The van der Waals surface area contributed by atoms with Crippen molar-refractivity contribution in [3.05, 3.63) is 229 Å². The number of hydrogen-bond donors (Lipinski definition) is 0. The molecule has 0 N–H and O–H groups in total. The zero-order valence-electron chi connectivity index (χ0n) is 30.8. The third-order valence-corrected chi connectivity index (χ3v) is 11.2. The Labute approximate surface area is 329 Å². The lowest BCUT2D eigenvalue weighted by atomic mass is 9.63. The van der Waals surface area contributed by atoms with Gasteiger partial charge in [-0.1, -0.05) is 182 Å². The van der Waals surface area contributed by atoms with Crippen LogP contribution in [-0.4, -0.2) is 19.5 Å². The molecule has 5 nitrogen and oxygen atoms in total. The molecular formula is C52H34N4O. The first-order valence-electron chi connectivity index (χ1n) is 19.2. The van der Waals surface area contributed by atoms with Crippen molar-refractivity contribution < 1.29 is 4.42 Å². The third-order valence-electron chi connectivity index (χ3n) is 11.2. The summed E-state index contributed by atoms with van der Waals surface area (Å²) < 4.78 is 8.80. The van der Waals surface area contributed by atoms with Crippen LogP contribution in [0.3, 0.4) is 0 Å². The van der Waals surface area contributed by atoms with Gasteiger partial charge in [-0.25, -0.2) is 4.98 Å². The number of rotatable bonds is 7. The molecule has 0 radical (unpaired) electrons. The van der Waals surface area contributed by atoms with Crippen LogP contribution in [0.4, 0.5) is 0 Å². The minimum atomic E-state index is -0.785. The Hall–Kier alpha value is -7.63. The van der Waals surface area contributed by atoms with E-state index in [-0.39, 0.29) is 0 Å². The van der Waals surface area contributed by atoms with E-state index in [1.54, 1.807) is 0 Å². The second-order valence-electron chi connectivity index (χ2n) is 14.3. The molecule has 0 amide bonds. The summed E-state index contributed by atoms with van der Waals surface area (Å²) in [6, 6.07) is 72.2. The molecule has 0 atom stereocenters. The molecule has 0 spiro atoms. The summed E-state index contributed by atoms with van der Waals surface area (Å²) in [5.74, 6) is 1.78. The summed E-state index contributed by atoms with van der Waals surface area (Å²) in [5, 5.41) is 4.40. The fourth-order valence-electron chi connectivity index (χ4n) is 8.84. The van der Waals surface area contributed by atoms with Crippen LogP contribution >= 0.6 is 0 Å². The normalized spacial score (nSPS) is 11.9. The first-order chi connectivity index (χ1) is 28.3. The van der Waals surface area contributed by atoms with Crippen LogP contribution in [0.25, 0.3) is 72.5 Å². The summed E-state index contributed by atoms with van der Waals surface area (Å²) in [6.45, 7) is 0. The van der Waals surface area contributed by atoms with E-state index < -0.39 is 5.41 Å². The quantitative estimate of drug-likeness (QED) is 0.153. The molecule has 0 aliphatic heterocycles. The Morgan fingerprint density at radius 1 is 0.368 bits per heavy atom. The number of para-hydroxylation sites is 2. The fourth-order valence-corrected chi connectivity index (χ4v) is 8.84. The van der Waals surface area contributed by atoms with Gasteiger partial charge in [0.05, 0.1) is 16.4 Å². The topological polar surface area (TPSA) is 56.7 Å². The van der Waals surface area contributed by atoms with Gasteiger partial charge >= 0.3 is 0 Å². The average Bonchev–Trinajstić information content (AvgIpc) is 3.85. The van der Waals surface area contributed by atoms with Crippen molar-refractivity contribution in [1.82, 2.24) is 19.5 Å². The molecule has 3 aromatic heterocycles. The van der Waals surface area contributed by atoms with Gasteiger partial charge < -0.3 is 4.42 Å². The van der Waals surface area contributed by atoms with Crippen molar-refractivity contribution in [2.24, 2.45) is 0 Å². The van der Waals surface area contributed by atoms with Crippen LogP contribution in [0.5, 0.6) is 0 Å². The van der Waals surface area contributed by atoms with Crippen molar-refractivity contribution in [3.8, 4) is 28.7 Å². The van der Waals surface area contributed by atoms with Crippen LogP contribution in [0, 0.1) is 0 Å². The standard InChI is InChI=1S/C52H34N4O/c1-5-19-35(20-6-1)49-53-50(36-21-7-2-8-22-36)55-51(54-49)56-43-31-15-13-27-39(43)47-41(29-17-32-44(47)56)52(37-23-9-3-10-24-37,38-25-11-4-12-26-38)42-30-18-34-46-48(42)40-28-14-16-33-45(40)57-46/h1-34H. The number of fused-ring (bicyclic) bond motifs is 6. The Kier molecular flexibility index (Phi) is 7.64. The molecule has 0 unspecified atom stereocenters. The first kappa shape index (κ1) is 32.8. The number of nitrogens with zero attached hydrogens (tertiary/aromatic N) is 4. The average molecular weight is 731 g/mol. The van der Waals surface area contributed by atoms with Crippen LogP contribution in [0.15, 0.2) is 211 Å². The monoisotopic (exact) mass is 730 g/mol. The van der Waals surface area contributed by atoms with Gasteiger partial charge in [-0.15, -0.1) is 0 Å². The van der Waals surface area contributed by atoms with Gasteiger partial charge in [0.25, 0.3) is 0 Å². The van der Waals surface area contributed by atoms with Gasteiger partial charge in [-0.05, 0) is 46.5 Å². The van der Waals surface area contributed by atoms with Gasteiger partial charge in [0, 0.05) is 32.7 Å². The van der Waals surface area contributed by atoms with E-state index in [1.807, 2.05) is 66.7 Å². The van der Waals surface area contributed by atoms with E-state index >= 15 is 0 Å². The molecule has 57 heavy (non-hydrogen) atoms. The Morgan fingerprint density at radius 3 is 1.47 bits per heavy atom. The van der Waals surface area contributed by atoms with Gasteiger partial charge in [0.2, 0.25) is 5.95 Å². The predicted octanol–water partition coefficient (Wildman–Crippen LogP) is 12.6. The predicted molar refractivity (Wildman–Crippen MR) is 231 cm³/mol. The molecule has 268 valence electrons. The van der Waals surface area contributed by atoms with E-state index in [1.165, 1.54) is 0 Å². The Balaban J connectivity index is 1.30. The summed E-state index contributed by atoms with van der Waals surface area (Å²) in [7, 11) is 0. The van der Waals surface area contributed by atoms with E-state index in [0.29, 0.717) is 17.6 Å². The molecule has 5 heteroatoms. The van der Waals surface area contributed by atoms with E-state index in [2.05, 4.69) is 144 Å². The van der Waals surface area contributed by atoms with Crippen molar-refractivity contribution in [1.29, 1.82) is 0 Å². The van der Waals surface area contributed by atoms with Gasteiger partial charge in [-0.2, -0.15) is 9.97 Å². The maximum absolute atomic E-state index is 6.58. The SMILES string of the molecule is c1ccc(-c2nc(-c3ccccc3)nc(-n3c4ccccc4c4c(C(c5ccccc5)(c5ccccc5)c5cccc6oc7ccccc7c56)cccc43)n2)cc1. The highest BCUT2D eigenvalue weighted by atomic mass is 16.3. The van der Waals surface area contributed by atoms with E-state index in [4.69, 9.17) is 19.4 Å². The lowest BCUT2D eigenvalue weighted by Gasteiger charge is -2.38. The largest absolute Gasteiger partial charge is 0.456 e. The minimum Gasteiger partial charge on any atom is -0.456 e. The van der Waals surface area contributed by atoms with Crippen molar-refractivity contribution in [2.75, 3.05) is 0 Å². The van der Waals surface area contributed by atoms with Crippen molar-refractivity contribution in [2.45, 2.75) is 5.41 Å². The molecule has 0 saturated heterocycles. The maximum Gasteiger partial charge on any atom is 0.238 e. The van der Waals surface area contributed by atoms with Crippen LogP contribution < -0.4 is 0 Å². The summed E-state index contributed by atoms with van der Waals surface area (Å²) in [4.78, 5) is 15.5. The van der Waals surface area contributed by atoms with Crippen LogP contribution in [0.2, 0.25) is 0 Å². The lowest BCUT2D eigenvalue weighted by Crippen LogP contribution is -2.31. The minimum absolute atomic E-state index is 0.555. The zero-order chi connectivity index (χ0) is 37.8. The van der Waals surface area contributed by atoms with E-state index in [0.717, 1.165) is 77.1 Å². The highest BCUT2D eigenvalue weighted by Crippen LogP contribution is 2.52. The van der Waals surface area contributed by atoms with Gasteiger partial charge in [0.1, 0.15) is 11.2 Å². The number of benzene rings is 8. The smallest absolute Gasteiger partial charge is 0.238 e. The molecule has 0 aliphatic rings. The van der Waals surface area contributed by atoms with E-state index in [9.17, 15) is 0 Å². The van der Waals surface area contributed by atoms with Gasteiger partial charge in [0.15, 0.2) is 11.6 Å². The van der Waals surface area contributed by atoms with Crippen LogP contribution in [-0.2, 0) is 5.41 Å². The first-order valence-corrected chi connectivity index (χ1v) is 19.2. The van der Waals surface area contributed by atoms with Crippen molar-refractivity contribution in [3.63, 3.8) is 0 Å². The number of furan rings is 1.